The normalized spacial score (nSPS) is 17.8. The first-order valence-electron chi connectivity index (χ1n) is 8.86. The summed E-state index contributed by atoms with van der Waals surface area (Å²) in [4.78, 5) is 12.2. The Labute approximate surface area is 145 Å². The molecule has 1 fully saturated rings. The van der Waals surface area contributed by atoms with Crippen LogP contribution in [-0.2, 0) is 4.79 Å². The minimum absolute atomic E-state index is 0.0877. The number of benzene rings is 1. The van der Waals surface area contributed by atoms with Crippen LogP contribution < -0.4 is 20.1 Å². The van der Waals surface area contributed by atoms with Crippen LogP contribution in [0, 0.1) is 11.8 Å². The Morgan fingerprint density at radius 2 is 2.00 bits per heavy atom. The Morgan fingerprint density at radius 1 is 1.29 bits per heavy atom. The van der Waals surface area contributed by atoms with Gasteiger partial charge >= 0.3 is 0 Å². The fraction of sp³-hybridized carbons (Fsp3) is 0.632. The number of ether oxygens (including phenoxy) is 2. The van der Waals surface area contributed by atoms with E-state index in [9.17, 15) is 4.79 Å². The molecule has 1 saturated heterocycles. The Morgan fingerprint density at radius 3 is 2.71 bits per heavy atom. The molecule has 1 aromatic carbocycles. The highest BCUT2D eigenvalue weighted by Gasteiger charge is 2.22. The highest BCUT2D eigenvalue weighted by molar-refractivity contribution is 5.76. The monoisotopic (exact) mass is 334 g/mol. The average molecular weight is 334 g/mol. The van der Waals surface area contributed by atoms with Crippen molar-refractivity contribution in [3.05, 3.63) is 24.3 Å². The zero-order valence-corrected chi connectivity index (χ0v) is 15.0. The van der Waals surface area contributed by atoms with Gasteiger partial charge in [-0.2, -0.15) is 0 Å². The zero-order chi connectivity index (χ0) is 17.4. The van der Waals surface area contributed by atoms with Crippen molar-refractivity contribution in [1.82, 2.24) is 10.6 Å². The summed E-state index contributed by atoms with van der Waals surface area (Å²) >= 11 is 0. The third-order valence-electron chi connectivity index (χ3n) is 4.66. The van der Waals surface area contributed by atoms with E-state index >= 15 is 0 Å². The van der Waals surface area contributed by atoms with Crippen LogP contribution in [-0.4, -0.2) is 38.8 Å². The van der Waals surface area contributed by atoms with Crippen molar-refractivity contribution in [2.45, 2.75) is 39.2 Å². The number of rotatable bonds is 8. The van der Waals surface area contributed by atoms with E-state index in [2.05, 4.69) is 17.6 Å². The molecule has 1 aromatic rings. The van der Waals surface area contributed by atoms with Gasteiger partial charge in [0, 0.05) is 12.5 Å². The minimum Gasteiger partial charge on any atom is -0.497 e. The van der Waals surface area contributed by atoms with Crippen LogP contribution in [0.4, 0.5) is 0 Å². The van der Waals surface area contributed by atoms with E-state index in [1.165, 1.54) is 12.8 Å². The maximum atomic E-state index is 12.2. The molecule has 2 N–H and O–H groups in total. The fourth-order valence-corrected chi connectivity index (χ4v) is 3.15. The first-order chi connectivity index (χ1) is 11.6. The van der Waals surface area contributed by atoms with Gasteiger partial charge in [0.15, 0.2) is 0 Å². The van der Waals surface area contributed by atoms with Gasteiger partial charge in [-0.1, -0.05) is 13.0 Å². The molecule has 0 aliphatic carbocycles. The number of hydrogen-bond acceptors (Lipinski definition) is 4. The minimum atomic E-state index is -0.0877. The summed E-state index contributed by atoms with van der Waals surface area (Å²) in [5.74, 6) is 2.71. The van der Waals surface area contributed by atoms with Crippen LogP contribution in [0.15, 0.2) is 24.3 Å². The number of nitrogens with one attached hydrogen (secondary N) is 2. The first kappa shape index (κ1) is 18.6. The van der Waals surface area contributed by atoms with Crippen LogP contribution >= 0.6 is 0 Å². The molecule has 0 aromatic heterocycles. The molecule has 2 atom stereocenters. The molecule has 0 bridgehead atoms. The van der Waals surface area contributed by atoms with E-state index in [1.807, 2.05) is 31.2 Å². The third kappa shape index (κ3) is 6.04. The molecule has 2 rings (SSSR count). The summed E-state index contributed by atoms with van der Waals surface area (Å²) < 4.78 is 11.0. The molecule has 5 heteroatoms. The third-order valence-corrected chi connectivity index (χ3v) is 4.66. The lowest BCUT2D eigenvalue weighted by molar-refractivity contribution is -0.122. The van der Waals surface area contributed by atoms with Gasteiger partial charge in [0.1, 0.15) is 17.6 Å². The van der Waals surface area contributed by atoms with Crippen LogP contribution in [0.1, 0.15) is 33.1 Å². The SMILES string of the molecule is COc1cccc(OC(C)CNC(=O)CC(C)C2CCNCC2)c1. The summed E-state index contributed by atoms with van der Waals surface area (Å²) in [7, 11) is 1.63. The molecule has 5 nitrogen and oxygen atoms in total. The smallest absolute Gasteiger partial charge is 0.220 e. The maximum Gasteiger partial charge on any atom is 0.220 e. The van der Waals surface area contributed by atoms with Crippen molar-refractivity contribution in [1.29, 1.82) is 0 Å². The van der Waals surface area contributed by atoms with Crippen molar-refractivity contribution in [2.24, 2.45) is 11.8 Å². The number of piperidine rings is 1. The van der Waals surface area contributed by atoms with Crippen LogP contribution in [0.25, 0.3) is 0 Å². The fourth-order valence-electron chi connectivity index (χ4n) is 3.15. The summed E-state index contributed by atoms with van der Waals surface area (Å²) in [5.41, 5.74) is 0. The van der Waals surface area contributed by atoms with E-state index < -0.39 is 0 Å². The number of methoxy groups -OCH3 is 1. The second-order valence-electron chi connectivity index (χ2n) is 6.68. The quantitative estimate of drug-likeness (QED) is 0.767. The molecule has 1 aliphatic rings. The van der Waals surface area contributed by atoms with E-state index in [0.29, 0.717) is 24.8 Å². The molecule has 1 aliphatic heterocycles. The van der Waals surface area contributed by atoms with Gasteiger partial charge in [-0.05, 0) is 56.8 Å². The van der Waals surface area contributed by atoms with Gasteiger partial charge in [0.05, 0.1) is 13.7 Å². The second kappa shape index (κ2) is 9.52. The lowest BCUT2D eigenvalue weighted by atomic mass is 9.84. The second-order valence-corrected chi connectivity index (χ2v) is 6.68. The molecule has 1 heterocycles. The Balaban J connectivity index is 1.70. The molecule has 1 amide bonds. The Bertz CT molecular complexity index is 515. The van der Waals surface area contributed by atoms with E-state index in [-0.39, 0.29) is 12.0 Å². The molecular weight excluding hydrogens is 304 g/mol. The van der Waals surface area contributed by atoms with Crippen molar-refractivity contribution in [2.75, 3.05) is 26.7 Å². The maximum absolute atomic E-state index is 12.2. The van der Waals surface area contributed by atoms with E-state index in [4.69, 9.17) is 9.47 Å². The van der Waals surface area contributed by atoms with Gasteiger partial charge < -0.3 is 20.1 Å². The van der Waals surface area contributed by atoms with Gasteiger partial charge in [-0.25, -0.2) is 0 Å². The van der Waals surface area contributed by atoms with E-state index in [0.717, 1.165) is 24.6 Å². The average Bonchev–Trinajstić information content (AvgIpc) is 2.61. The van der Waals surface area contributed by atoms with Crippen molar-refractivity contribution in [3.8, 4) is 11.5 Å². The molecular formula is C19H30N2O3. The first-order valence-corrected chi connectivity index (χ1v) is 8.86. The number of carbonyl (C=O) groups excluding carboxylic acids is 1. The highest BCUT2D eigenvalue weighted by Crippen LogP contribution is 2.24. The number of amides is 1. The number of carbonyl (C=O) groups is 1. The summed E-state index contributed by atoms with van der Waals surface area (Å²) in [6.07, 6.45) is 2.85. The van der Waals surface area contributed by atoms with E-state index in [1.54, 1.807) is 7.11 Å². The Kier molecular flexibility index (Phi) is 7.37. The lowest BCUT2D eigenvalue weighted by Crippen LogP contribution is -2.36. The summed E-state index contributed by atoms with van der Waals surface area (Å²) in [5, 5.41) is 6.36. The Hall–Kier alpha value is -1.75. The van der Waals surface area contributed by atoms with Gasteiger partial charge in [-0.15, -0.1) is 0 Å². The number of hydrogen-bond donors (Lipinski definition) is 2. The standard InChI is InChI=1S/C19H30N2O3/c1-14(16-7-9-20-10-8-16)11-19(22)21-13-15(2)24-18-6-4-5-17(12-18)23-3/h4-6,12,14-16,20H,7-11,13H2,1-3H3,(H,21,22). The highest BCUT2D eigenvalue weighted by atomic mass is 16.5. The van der Waals surface area contributed by atoms with Crippen molar-refractivity contribution >= 4 is 5.91 Å². The van der Waals surface area contributed by atoms with Crippen molar-refractivity contribution < 1.29 is 14.3 Å². The van der Waals surface area contributed by atoms with Crippen molar-refractivity contribution in [3.63, 3.8) is 0 Å². The predicted molar refractivity (Wildman–Crippen MR) is 95.5 cm³/mol. The van der Waals surface area contributed by atoms with Crippen LogP contribution in [0.3, 0.4) is 0 Å². The topological polar surface area (TPSA) is 59.6 Å². The summed E-state index contributed by atoms with van der Waals surface area (Å²) in [6.45, 7) is 6.79. The molecule has 24 heavy (non-hydrogen) atoms. The largest absolute Gasteiger partial charge is 0.497 e. The van der Waals surface area contributed by atoms with Gasteiger partial charge in [0.25, 0.3) is 0 Å². The molecule has 0 radical (unpaired) electrons. The summed E-state index contributed by atoms with van der Waals surface area (Å²) in [6, 6.07) is 7.50. The lowest BCUT2D eigenvalue weighted by Gasteiger charge is -2.28. The predicted octanol–water partition coefficient (Wildman–Crippen LogP) is 2.60. The van der Waals surface area contributed by atoms with Gasteiger partial charge in [0.2, 0.25) is 5.91 Å². The van der Waals surface area contributed by atoms with Crippen LogP contribution in [0.2, 0.25) is 0 Å². The molecule has 2 unspecified atom stereocenters. The molecule has 134 valence electrons. The van der Waals surface area contributed by atoms with Crippen LogP contribution in [0.5, 0.6) is 11.5 Å². The molecule has 0 saturated carbocycles. The van der Waals surface area contributed by atoms with Gasteiger partial charge in [-0.3, -0.25) is 4.79 Å². The molecule has 0 spiro atoms. The zero-order valence-electron chi connectivity index (χ0n) is 15.0.